The van der Waals surface area contributed by atoms with Crippen LogP contribution in [0.1, 0.15) is 71.8 Å². The van der Waals surface area contributed by atoms with E-state index in [0.717, 1.165) is 35.7 Å². The summed E-state index contributed by atoms with van der Waals surface area (Å²) in [6, 6.07) is 7.87. The Labute approximate surface area is 193 Å². The van der Waals surface area contributed by atoms with Gasteiger partial charge >= 0.3 is 5.97 Å². The largest absolute Gasteiger partial charge is 0.464 e. The van der Waals surface area contributed by atoms with E-state index < -0.39 is 0 Å². The first-order chi connectivity index (χ1) is 15.2. The van der Waals surface area contributed by atoms with Crippen LogP contribution in [0, 0.1) is 0 Å². The molecule has 0 bridgehead atoms. The number of ether oxygens (including phenoxy) is 1. The lowest BCUT2D eigenvalue weighted by atomic mass is 10.0. The van der Waals surface area contributed by atoms with Gasteiger partial charge in [-0.2, -0.15) is 0 Å². The number of hydrogen-bond donors (Lipinski definition) is 2. The molecule has 2 rings (SSSR count). The summed E-state index contributed by atoms with van der Waals surface area (Å²) in [6.07, 6.45) is 8.27. The summed E-state index contributed by atoms with van der Waals surface area (Å²) in [5.41, 5.74) is 1.94. The fraction of sp³-hybridized carbons (Fsp3) is 0.615. The van der Waals surface area contributed by atoms with Crippen LogP contribution in [-0.4, -0.2) is 53.5 Å². The molecule has 178 valence electrons. The average molecular weight is 444 g/mol. The number of carbonyl (C=O) groups excluding carboxylic acids is 2. The monoisotopic (exact) mass is 443 g/mol. The van der Waals surface area contributed by atoms with Crippen LogP contribution >= 0.6 is 0 Å². The van der Waals surface area contributed by atoms with Gasteiger partial charge in [0.15, 0.2) is 0 Å². The molecule has 0 saturated heterocycles. The van der Waals surface area contributed by atoms with Crippen molar-refractivity contribution in [1.82, 2.24) is 15.2 Å². The molecule has 2 aromatic rings. The van der Waals surface area contributed by atoms with Crippen LogP contribution in [0.4, 0.5) is 0 Å². The van der Waals surface area contributed by atoms with Crippen LogP contribution in [0.15, 0.2) is 30.5 Å². The summed E-state index contributed by atoms with van der Waals surface area (Å²) in [5, 5.41) is 4.25. The number of nitrogens with one attached hydrogen (secondary N) is 2. The Kier molecular flexibility index (Phi) is 10.2. The van der Waals surface area contributed by atoms with Crippen molar-refractivity contribution in [3.05, 3.63) is 36.0 Å². The number of aryl methyl sites for hydroxylation is 1. The predicted octanol–water partition coefficient (Wildman–Crippen LogP) is 4.83. The van der Waals surface area contributed by atoms with E-state index in [2.05, 4.69) is 23.3 Å². The van der Waals surface area contributed by atoms with Gasteiger partial charge < -0.3 is 15.0 Å². The fourth-order valence-electron chi connectivity index (χ4n) is 3.88. The number of hydrogen-bond acceptors (Lipinski definition) is 4. The number of unbranched alkanes of at least 4 members (excludes halogenated alkanes) is 3. The number of carbonyl (C=O) groups is 2. The van der Waals surface area contributed by atoms with Crippen molar-refractivity contribution in [3.63, 3.8) is 0 Å². The third kappa shape index (κ3) is 8.65. The maximum atomic E-state index is 12.8. The second kappa shape index (κ2) is 12.6. The molecule has 0 radical (unpaired) electrons. The third-order valence-electron chi connectivity index (χ3n) is 5.64. The van der Waals surface area contributed by atoms with E-state index in [4.69, 9.17) is 4.74 Å². The Bertz CT molecular complexity index is 853. The lowest BCUT2D eigenvalue weighted by molar-refractivity contribution is -0.144. The van der Waals surface area contributed by atoms with E-state index in [0.29, 0.717) is 19.4 Å². The van der Waals surface area contributed by atoms with Crippen LogP contribution in [0.5, 0.6) is 0 Å². The Hall–Kier alpha value is -2.34. The number of amides is 1. The van der Waals surface area contributed by atoms with Gasteiger partial charge in [-0.1, -0.05) is 50.8 Å². The highest BCUT2D eigenvalue weighted by Crippen LogP contribution is 2.19. The molecule has 0 aliphatic heterocycles. The summed E-state index contributed by atoms with van der Waals surface area (Å²) < 4.78 is 5.47. The molecule has 1 unspecified atom stereocenters. The minimum Gasteiger partial charge on any atom is -0.464 e. The zero-order valence-electron chi connectivity index (χ0n) is 20.5. The van der Waals surface area contributed by atoms with Crippen molar-refractivity contribution < 1.29 is 14.3 Å². The number of likely N-dealkylation sites (N-methyl/N-ethyl adjacent to an activating group) is 1. The first kappa shape index (κ1) is 25.9. The van der Waals surface area contributed by atoms with Crippen molar-refractivity contribution in [2.24, 2.45) is 0 Å². The zero-order chi connectivity index (χ0) is 23.6. The van der Waals surface area contributed by atoms with Crippen molar-refractivity contribution in [2.45, 2.75) is 84.2 Å². The number of esters is 1. The number of rotatable bonds is 13. The van der Waals surface area contributed by atoms with Crippen LogP contribution in [0.3, 0.4) is 0 Å². The molecule has 6 heteroatoms. The normalized spacial score (nSPS) is 12.8. The Morgan fingerprint density at radius 1 is 1.16 bits per heavy atom. The molecule has 0 aliphatic carbocycles. The van der Waals surface area contributed by atoms with Crippen LogP contribution in [-0.2, 0) is 20.7 Å². The van der Waals surface area contributed by atoms with E-state index in [9.17, 15) is 9.59 Å². The van der Waals surface area contributed by atoms with Gasteiger partial charge in [-0.25, -0.2) is 0 Å². The van der Waals surface area contributed by atoms with E-state index in [1.807, 2.05) is 57.1 Å². The summed E-state index contributed by atoms with van der Waals surface area (Å²) >= 11 is 0. The van der Waals surface area contributed by atoms with Crippen molar-refractivity contribution >= 4 is 22.8 Å². The van der Waals surface area contributed by atoms with Crippen molar-refractivity contribution in [1.29, 1.82) is 0 Å². The molecule has 0 fully saturated rings. The lowest BCUT2D eigenvalue weighted by Crippen LogP contribution is -2.51. The highest BCUT2D eigenvalue weighted by atomic mass is 16.5. The first-order valence-corrected chi connectivity index (χ1v) is 11.9. The topological polar surface area (TPSA) is 74.4 Å². The van der Waals surface area contributed by atoms with Crippen LogP contribution < -0.4 is 5.32 Å². The second-order valence-corrected chi connectivity index (χ2v) is 9.66. The summed E-state index contributed by atoms with van der Waals surface area (Å²) in [4.78, 5) is 30.4. The SMILES string of the molecule is CCCCCCC(C(=O)NC(C)(C)C)N(C)CCOC(=O)CCc1c[nH]c2ccccc12. The molecular formula is C26H41N3O3. The van der Waals surface area contributed by atoms with Gasteiger partial charge in [-0.3, -0.25) is 14.5 Å². The summed E-state index contributed by atoms with van der Waals surface area (Å²) in [6.45, 7) is 8.99. The molecule has 0 spiro atoms. The maximum absolute atomic E-state index is 12.8. The number of benzene rings is 1. The van der Waals surface area contributed by atoms with Gasteiger partial charge in [-0.15, -0.1) is 0 Å². The molecule has 2 N–H and O–H groups in total. The number of para-hydroxylation sites is 1. The summed E-state index contributed by atoms with van der Waals surface area (Å²) in [7, 11) is 1.94. The van der Waals surface area contributed by atoms with E-state index >= 15 is 0 Å². The van der Waals surface area contributed by atoms with Gasteiger partial charge in [0.05, 0.1) is 6.04 Å². The standard InChI is InChI=1S/C26H41N3O3/c1-6-7-8-9-14-23(25(31)28-26(2,3)4)29(5)17-18-32-24(30)16-15-20-19-27-22-13-11-10-12-21(20)22/h10-13,19,23,27H,6-9,14-18H2,1-5H3,(H,28,31). The molecular weight excluding hydrogens is 402 g/mol. The van der Waals surface area contributed by atoms with Gasteiger partial charge in [0.2, 0.25) is 5.91 Å². The van der Waals surface area contributed by atoms with Crippen LogP contribution in [0.25, 0.3) is 10.9 Å². The molecule has 1 heterocycles. The quantitative estimate of drug-likeness (QED) is 0.343. The average Bonchev–Trinajstić information content (AvgIpc) is 3.14. The number of aromatic amines is 1. The molecule has 32 heavy (non-hydrogen) atoms. The van der Waals surface area contributed by atoms with Crippen molar-refractivity contribution in [3.8, 4) is 0 Å². The number of aromatic nitrogens is 1. The van der Waals surface area contributed by atoms with E-state index in [1.165, 1.54) is 12.8 Å². The molecule has 1 aromatic heterocycles. The highest BCUT2D eigenvalue weighted by Gasteiger charge is 2.26. The van der Waals surface area contributed by atoms with Gasteiger partial charge in [-0.05, 0) is 52.3 Å². The minimum atomic E-state index is -0.269. The Balaban J connectivity index is 1.80. The fourth-order valence-corrected chi connectivity index (χ4v) is 3.88. The number of fused-ring (bicyclic) bond motifs is 1. The Morgan fingerprint density at radius 2 is 1.91 bits per heavy atom. The molecule has 1 aromatic carbocycles. The zero-order valence-corrected chi connectivity index (χ0v) is 20.5. The van der Waals surface area contributed by atoms with Gasteiger partial charge in [0.25, 0.3) is 0 Å². The van der Waals surface area contributed by atoms with Crippen LogP contribution in [0.2, 0.25) is 0 Å². The predicted molar refractivity (Wildman–Crippen MR) is 131 cm³/mol. The molecule has 1 atom stereocenters. The lowest BCUT2D eigenvalue weighted by Gasteiger charge is -2.30. The Morgan fingerprint density at radius 3 is 2.62 bits per heavy atom. The van der Waals surface area contributed by atoms with Crippen molar-refractivity contribution in [2.75, 3.05) is 20.2 Å². The summed E-state index contributed by atoms with van der Waals surface area (Å²) in [5.74, 6) is -0.163. The van der Waals surface area contributed by atoms with E-state index in [1.54, 1.807) is 0 Å². The minimum absolute atomic E-state index is 0.0437. The number of H-pyrrole nitrogens is 1. The smallest absolute Gasteiger partial charge is 0.306 e. The molecule has 0 aliphatic rings. The molecule has 6 nitrogen and oxygen atoms in total. The van der Waals surface area contributed by atoms with E-state index in [-0.39, 0.29) is 30.1 Å². The number of nitrogens with zero attached hydrogens (tertiary/aromatic N) is 1. The first-order valence-electron chi connectivity index (χ1n) is 11.9. The molecule has 0 saturated carbocycles. The third-order valence-corrected chi connectivity index (χ3v) is 5.64. The maximum Gasteiger partial charge on any atom is 0.306 e. The highest BCUT2D eigenvalue weighted by molar-refractivity contribution is 5.84. The second-order valence-electron chi connectivity index (χ2n) is 9.66. The van der Waals surface area contributed by atoms with Gasteiger partial charge in [0.1, 0.15) is 6.61 Å². The molecule has 1 amide bonds. The van der Waals surface area contributed by atoms with Gasteiger partial charge in [0, 0.05) is 35.6 Å².